The molecule has 0 aliphatic heterocycles. The summed E-state index contributed by atoms with van der Waals surface area (Å²) >= 11 is 0. The molecule has 0 amide bonds. The topological polar surface area (TPSA) is 46.5 Å². The highest BCUT2D eigenvalue weighted by Crippen LogP contribution is 2.35. The van der Waals surface area contributed by atoms with Crippen LogP contribution in [-0.4, -0.2) is 18.5 Å². The van der Waals surface area contributed by atoms with Gasteiger partial charge in [0.05, 0.1) is 7.11 Å². The number of methoxy groups -OCH3 is 1. The maximum atomic E-state index is 10.3. The molecule has 1 aromatic rings. The van der Waals surface area contributed by atoms with Crippen molar-refractivity contribution in [2.45, 2.75) is 26.7 Å². The van der Waals surface area contributed by atoms with E-state index in [9.17, 15) is 9.90 Å². The number of aromatic hydroxyl groups is 1. The number of rotatable bonds is 4. The summed E-state index contributed by atoms with van der Waals surface area (Å²) in [4.78, 5) is 10.3. The molecule has 0 spiro atoms. The Kier molecular flexibility index (Phi) is 3.72. The van der Waals surface area contributed by atoms with Gasteiger partial charge in [0.15, 0.2) is 11.5 Å². The highest BCUT2D eigenvalue weighted by molar-refractivity contribution is 5.56. The first-order chi connectivity index (χ1) is 7.11. The molecule has 3 nitrogen and oxygen atoms in total. The van der Waals surface area contributed by atoms with Crippen molar-refractivity contribution in [1.29, 1.82) is 0 Å². The molecule has 0 aliphatic carbocycles. The number of carbonyl (C=O) groups excluding carboxylic acids is 1. The summed E-state index contributed by atoms with van der Waals surface area (Å²) < 4.78 is 5.14. The molecule has 0 aliphatic rings. The molecule has 15 heavy (non-hydrogen) atoms. The lowest BCUT2D eigenvalue weighted by molar-refractivity contribution is -0.107. The number of phenolic OH excluding ortho intramolecular Hbond substituents is 1. The molecule has 0 saturated carbocycles. The van der Waals surface area contributed by atoms with Gasteiger partial charge < -0.3 is 14.6 Å². The molecule has 0 fully saturated rings. The van der Waals surface area contributed by atoms with Crippen molar-refractivity contribution >= 4 is 6.29 Å². The van der Waals surface area contributed by atoms with E-state index >= 15 is 0 Å². The first kappa shape index (κ1) is 11.6. The van der Waals surface area contributed by atoms with Crippen molar-refractivity contribution in [3.05, 3.63) is 22.8 Å². The highest BCUT2D eigenvalue weighted by Gasteiger charge is 2.12. The number of carbonyl (C=O) groups is 1. The van der Waals surface area contributed by atoms with E-state index in [4.69, 9.17) is 4.74 Å². The van der Waals surface area contributed by atoms with E-state index in [0.717, 1.165) is 23.0 Å². The summed E-state index contributed by atoms with van der Waals surface area (Å²) in [6.45, 7) is 3.71. The first-order valence-corrected chi connectivity index (χ1v) is 4.91. The molecule has 1 aromatic carbocycles. The van der Waals surface area contributed by atoms with Crippen LogP contribution in [0.3, 0.4) is 0 Å². The monoisotopic (exact) mass is 208 g/mol. The normalized spacial score (nSPS) is 10.1. The van der Waals surface area contributed by atoms with Crippen LogP contribution in [0.5, 0.6) is 11.5 Å². The van der Waals surface area contributed by atoms with Crippen LogP contribution < -0.4 is 4.74 Å². The second-order valence-electron chi connectivity index (χ2n) is 3.56. The Balaban J connectivity index is 3.17. The number of phenols is 1. The van der Waals surface area contributed by atoms with Gasteiger partial charge in [0, 0.05) is 6.42 Å². The van der Waals surface area contributed by atoms with E-state index in [1.807, 2.05) is 19.9 Å². The van der Waals surface area contributed by atoms with Crippen LogP contribution in [0.15, 0.2) is 6.07 Å². The number of benzene rings is 1. The standard InChI is InChI=1S/C12H16O3/c1-8-7-10(5-4-6-13)9(2)12(15-3)11(8)14/h6-7,14H,4-5H2,1-3H3. The van der Waals surface area contributed by atoms with Gasteiger partial charge in [-0.15, -0.1) is 0 Å². The zero-order valence-electron chi connectivity index (χ0n) is 9.33. The third-order valence-electron chi connectivity index (χ3n) is 2.54. The Labute approximate surface area is 89.7 Å². The van der Waals surface area contributed by atoms with Crippen LogP contribution in [-0.2, 0) is 11.2 Å². The largest absolute Gasteiger partial charge is 0.504 e. The van der Waals surface area contributed by atoms with E-state index in [-0.39, 0.29) is 5.75 Å². The van der Waals surface area contributed by atoms with Crippen molar-refractivity contribution < 1.29 is 14.6 Å². The summed E-state index contributed by atoms with van der Waals surface area (Å²) in [5.74, 6) is 0.695. The molecule has 1 rings (SSSR count). The van der Waals surface area contributed by atoms with Crippen LogP contribution in [0.25, 0.3) is 0 Å². The Hall–Kier alpha value is -1.51. The predicted molar refractivity (Wildman–Crippen MR) is 58.5 cm³/mol. The Morgan fingerprint density at radius 3 is 2.67 bits per heavy atom. The van der Waals surface area contributed by atoms with Crippen LogP contribution >= 0.6 is 0 Å². The van der Waals surface area contributed by atoms with Crippen molar-refractivity contribution in [2.75, 3.05) is 7.11 Å². The zero-order valence-corrected chi connectivity index (χ0v) is 9.33. The van der Waals surface area contributed by atoms with E-state index in [2.05, 4.69) is 0 Å². The summed E-state index contributed by atoms with van der Waals surface area (Å²) in [6, 6.07) is 1.90. The average molecular weight is 208 g/mol. The molecular weight excluding hydrogens is 192 g/mol. The third-order valence-corrected chi connectivity index (χ3v) is 2.54. The first-order valence-electron chi connectivity index (χ1n) is 4.91. The Morgan fingerprint density at radius 2 is 2.13 bits per heavy atom. The van der Waals surface area contributed by atoms with E-state index in [1.165, 1.54) is 7.11 Å². The maximum absolute atomic E-state index is 10.3. The fourth-order valence-corrected chi connectivity index (χ4v) is 1.66. The Bertz CT molecular complexity index is 370. The second-order valence-corrected chi connectivity index (χ2v) is 3.56. The summed E-state index contributed by atoms with van der Waals surface area (Å²) in [7, 11) is 1.53. The smallest absolute Gasteiger partial charge is 0.163 e. The Morgan fingerprint density at radius 1 is 1.47 bits per heavy atom. The van der Waals surface area contributed by atoms with E-state index in [1.54, 1.807) is 0 Å². The number of ether oxygens (including phenoxy) is 1. The van der Waals surface area contributed by atoms with Gasteiger partial charge in [-0.1, -0.05) is 6.07 Å². The number of aryl methyl sites for hydroxylation is 2. The van der Waals surface area contributed by atoms with Crippen molar-refractivity contribution in [3.63, 3.8) is 0 Å². The number of hydrogen-bond donors (Lipinski definition) is 1. The molecule has 82 valence electrons. The molecule has 3 heteroatoms. The fraction of sp³-hybridized carbons (Fsp3) is 0.417. The second kappa shape index (κ2) is 4.82. The van der Waals surface area contributed by atoms with Crippen molar-refractivity contribution in [1.82, 2.24) is 0 Å². The quantitative estimate of drug-likeness (QED) is 0.771. The van der Waals surface area contributed by atoms with E-state index < -0.39 is 0 Å². The molecular formula is C12H16O3. The minimum absolute atomic E-state index is 0.185. The van der Waals surface area contributed by atoms with Gasteiger partial charge in [0.2, 0.25) is 0 Å². The summed E-state index contributed by atoms with van der Waals surface area (Å²) in [5.41, 5.74) is 2.73. The number of aldehydes is 1. The lowest BCUT2D eigenvalue weighted by Gasteiger charge is -2.13. The third kappa shape index (κ3) is 2.29. The SMILES string of the molecule is COc1c(C)c(CCC=O)cc(C)c1O. The van der Waals surface area contributed by atoms with Crippen LogP contribution in [0.2, 0.25) is 0 Å². The molecule has 0 atom stereocenters. The molecule has 0 bridgehead atoms. The predicted octanol–water partition coefficient (Wildman–Crippen LogP) is 2.15. The van der Waals surface area contributed by atoms with Crippen molar-refractivity contribution in [3.8, 4) is 11.5 Å². The molecule has 0 aromatic heterocycles. The zero-order chi connectivity index (χ0) is 11.4. The van der Waals surface area contributed by atoms with Crippen LogP contribution in [0.4, 0.5) is 0 Å². The fourth-order valence-electron chi connectivity index (χ4n) is 1.66. The molecule has 0 radical (unpaired) electrons. The maximum Gasteiger partial charge on any atom is 0.163 e. The average Bonchev–Trinajstić information content (AvgIpc) is 2.22. The van der Waals surface area contributed by atoms with Crippen LogP contribution in [0, 0.1) is 13.8 Å². The van der Waals surface area contributed by atoms with Gasteiger partial charge in [-0.05, 0) is 37.0 Å². The number of hydrogen-bond acceptors (Lipinski definition) is 3. The summed E-state index contributed by atoms with van der Waals surface area (Å²) in [5, 5.41) is 9.73. The molecule has 1 N–H and O–H groups in total. The van der Waals surface area contributed by atoms with Gasteiger partial charge in [-0.25, -0.2) is 0 Å². The molecule has 0 saturated heterocycles. The van der Waals surface area contributed by atoms with Gasteiger partial charge in [-0.3, -0.25) is 0 Å². The highest BCUT2D eigenvalue weighted by atomic mass is 16.5. The molecule has 0 unspecified atom stereocenters. The van der Waals surface area contributed by atoms with E-state index in [0.29, 0.717) is 18.6 Å². The van der Waals surface area contributed by atoms with Crippen molar-refractivity contribution in [2.24, 2.45) is 0 Å². The van der Waals surface area contributed by atoms with Gasteiger partial charge >= 0.3 is 0 Å². The van der Waals surface area contributed by atoms with Gasteiger partial charge in [0.1, 0.15) is 6.29 Å². The lowest BCUT2D eigenvalue weighted by atomic mass is 9.99. The molecule has 0 heterocycles. The van der Waals surface area contributed by atoms with Gasteiger partial charge in [0.25, 0.3) is 0 Å². The lowest BCUT2D eigenvalue weighted by Crippen LogP contribution is -1.97. The summed E-state index contributed by atoms with van der Waals surface area (Å²) in [6.07, 6.45) is 2.08. The minimum Gasteiger partial charge on any atom is -0.504 e. The van der Waals surface area contributed by atoms with Gasteiger partial charge in [-0.2, -0.15) is 0 Å². The van der Waals surface area contributed by atoms with Crippen LogP contribution in [0.1, 0.15) is 23.1 Å². The minimum atomic E-state index is 0.185.